The van der Waals surface area contributed by atoms with Gasteiger partial charge in [0, 0.05) is 12.1 Å². The number of rotatable bonds is 4. The third-order valence-corrected chi connectivity index (χ3v) is 3.77. The first kappa shape index (κ1) is 14.6. The molecule has 3 rings (SSSR count). The summed E-state index contributed by atoms with van der Waals surface area (Å²) >= 11 is 0. The van der Waals surface area contributed by atoms with Gasteiger partial charge in [0.05, 0.1) is 17.1 Å². The van der Waals surface area contributed by atoms with E-state index < -0.39 is 12.0 Å². The normalized spacial score (nSPS) is 16.5. The number of carboxylic acid groups (broad SMARTS) is 1. The molecule has 0 aliphatic carbocycles. The molecule has 0 bridgehead atoms. The van der Waals surface area contributed by atoms with Crippen LogP contribution in [0.15, 0.2) is 12.1 Å². The SMILES string of the molecule is CCC(C(=O)O)n1c(C(C)N)nc2cc3c(cc21)OCCO3. The van der Waals surface area contributed by atoms with E-state index in [9.17, 15) is 9.90 Å². The summed E-state index contributed by atoms with van der Waals surface area (Å²) in [6, 6.07) is 2.47. The minimum atomic E-state index is -0.904. The van der Waals surface area contributed by atoms with Crippen molar-refractivity contribution in [3.63, 3.8) is 0 Å². The fraction of sp³-hybridized carbons (Fsp3) is 0.467. The molecule has 2 aromatic rings. The predicted molar refractivity (Wildman–Crippen MR) is 80.3 cm³/mol. The van der Waals surface area contributed by atoms with E-state index in [1.165, 1.54) is 0 Å². The van der Waals surface area contributed by atoms with Crippen LogP contribution in [0.25, 0.3) is 11.0 Å². The van der Waals surface area contributed by atoms with E-state index in [0.717, 1.165) is 0 Å². The molecule has 7 nitrogen and oxygen atoms in total. The van der Waals surface area contributed by atoms with Gasteiger partial charge in [-0.05, 0) is 13.3 Å². The minimum absolute atomic E-state index is 0.375. The number of aromatic nitrogens is 2. The average molecular weight is 305 g/mol. The van der Waals surface area contributed by atoms with E-state index in [-0.39, 0.29) is 6.04 Å². The lowest BCUT2D eigenvalue weighted by Crippen LogP contribution is -2.23. The number of carbonyl (C=O) groups is 1. The van der Waals surface area contributed by atoms with Gasteiger partial charge < -0.3 is 24.9 Å². The molecule has 22 heavy (non-hydrogen) atoms. The Labute approximate surface area is 127 Å². The maximum atomic E-state index is 11.6. The van der Waals surface area contributed by atoms with Gasteiger partial charge in [0.25, 0.3) is 0 Å². The molecule has 2 heterocycles. The smallest absolute Gasteiger partial charge is 0.326 e. The van der Waals surface area contributed by atoms with Crippen molar-refractivity contribution < 1.29 is 19.4 Å². The molecule has 0 fully saturated rings. The lowest BCUT2D eigenvalue weighted by molar-refractivity contribution is -0.140. The number of fused-ring (bicyclic) bond motifs is 2. The summed E-state index contributed by atoms with van der Waals surface area (Å²) in [4.78, 5) is 16.1. The van der Waals surface area contributed by atoms with Crippen LogP contribution in [0.2, 0.25) is 0 Å². The van der Waals surface area contributed by atoms with Crippen LogP contribution in [0, 0.1) is 0 Å². The standard InChI is InChI=1S/C15H19N3O4/c1-3-10(15(19)20)18-11-7-13-12(21-4-5-22-13)6-9(11)17-14(18)8(2)16/h6-8,10H,3-5,16H2,1-2H3,(H,19,20). The van der Waals surface area contributed by atoms with E-state index >= 15 is 0 Å². The lowest BCUT2D eigenvalue weighted by atomic mass is 10.2. The number of imidazole rings is 1. The molecule has 1 aromatic heterocycles. The number of nitrogens with zero attached hydrogens (tertiary/aromatic N) is 2. The summed E-state index contributed by atoms with van der Waals surface area (Å²) in [5, 5.41) is 9.50. The molecule has 0 saturated heterocycles. The highest BCUT2D eigenvalue weighted by molar-refractivity contribution is 5.83. The highest BCUT2D eigenvalue weighted by atomic mass is 16.6. The lowest BCUT2D eigenvalue weighted by Gasteiger charge is -2.20. The first-order valence-corrected chi connectivity index (χ1v) is 7.32. The molecule has 2 atom stereocenters. The Balaban J connectivity index is 2.26. The summed E-state index contributed by atoms with van der Waals surface area (Å²) in [6.45, 7) is 4.59. The fourth-order valence-corrected chi connectivity index (χ4v) is 2.77. The zero-order valence-electron chi connectivity index (χ0n) is 12.6. The van der Waals surface area contributed by atoms with Crippen LogP contribution in [0.4, 0.5) is 0 Å². The van der Waals surface area contributed by atoms with Crippen molar-refractivity contribution in [2.24, 2.45) is 5.73 Å². The van der Waals surface area contributed by atoms with Crippen LogP contribution in [-0.2, 0) is 4.79 Å². The molecule has 3 N–H and O–H groups in total. The molecular formula is C15H19N3O4. The summed E-state index contributed by atoms with van der Waals surface area (Å²) < 4.78 is 12.8. The van der Waals surface area contributed by atoms with Crippen molar-refractivity contribution in [1.29, 1.82) is 0 Å². The number of ether oxygens (including phenoxy) is 2. The van der Waals surface area contributed by atoms with Gasteiger partial charge in [-0.25, -0.2) is 9.78 Å². The maximum absolute atomic E-state index is 11.6. The van der Waals surface area contributed by atoms with Gasteiger partial charge in [0.2, 0.25) is 0 Å². The third kappa shape index (κ3) is 2.27. The van der Waals surface area contributed by atoms with E-state index in [1.807, 2.05) is 6.92 Å². The molecular weight excluding hydrogens is 286 g/mol. The van der Waals surface area contributed by atoms with E-state index in [2.05, 4.69) is 4.98 Å². The number of benzene rings is 1. The van der Waals surface area contributed by atoms with Gasteiger partial charge in [-0.2, -0.15) is 0 Å². The van der Waals surface area contributed by atoms with Crippen LogP contribution in [0.5, 0.6) is 11.5 Å². The van der Waals surface area contributed by atoms with Crippen LogP contribution in [-0.4, -0.2) is 33.8 Å². The summed E-state index contributed by atoms with van der Waals surface area (Å²) in [6.07, 6.45) is 0.439. The van der Waals surface area contributed by atoms with Crippen molar-refractivity contribution in [2.45, 2.75) is 32.4 Å². The molecule has 0 radical (unpaired) electrons. The molecule has 2 unspecified atom stereocenters. The molecule has 0 amide bonds. The Kier molecular flexibility index (Phi) is 3.66. The van der Waals surface area contributed by atoms with E-state index in [4.69, 9.17) is 15.2 Å². The second-order valence-corrected chi connectivity index (χ2v) is 5.38. The second-order valence-electron chi connectivity index (χ2n) is 5.38. The average Bonchev–Trinajstić information content (AvgIpc) is 2.84. The molecule has 1 aromatic carbocycles. The van der Waals surface area contributed by atoms with E-state index in [0.29, 0.717) is 48.0 Å². The maximum Gasteiger partial charge on any atom is 0.326 e. The van der Waals surface area contributed by atoms with Crippen molar-refractivity contribution in [2.75, 3.05) is 13.2 Å². The Hall–Kier alpha value is -2.28. The summed E-state index contributed by atoms with van der Waals surface area (Å²) in [5.74, 6) is 0.879. The molecule has 1 aliphatic heterocycles. The van der Waals surface area contributed by atoms with Crippen LogP contribution < -0.4 is 15.2 Å². The van der Waals surface area contributed by atoms with Gasteiger partial charge in [0.15, 0.2) is 11.5 Å². The van der Waals surface area contributed by atoms with Crippen LogP contribution >= 0.6 is 0 Å². The highest BCUT2D eigenvalue weighted by Gasteiger charge is 2.26. The van der Waals surface area contributed by atoms with Crippen molar-refractivity contribution in [1.82, 2.24) is 9.55 Å². The Morgan fingerprint density at radius 1 is 1.41 bits per heavy atom. The van der Waals surface area contributed by atoms with Gasteiger partial charge in [-0.3, -0.25) is 0 Å². The fourth-order valence-electron chi connectivity index (χ4n) is 2.77. The quantitative estimate of drug-likeness (QED) is 0.894. The number of nitrogens with two attached hydrogens (primary N) is 1. The molecule has 1 aliphatic rings. The van der Waals surface area contributed by atoms with Gasteiger partial charge in [0.1, 0.15) is 25.1 Å². The number of hydrogen-bond acceptors (Lipinski definition) is 5. The Morgan fingerprint density at radius 3 is 2.59 bits per heavy atom. The number of aliphatic carboxylic acids is 1. The first-order valence-electron chi connectivity index (χ1n) is 7.32. The van der Waals surface area contributed by atoms with Crippen LogP contribution in [0.1, 0.15) is 38.2 Å². The first-order chi connectivity index (χ1) is 10.5. The Bertz CT molecular complexity index is 723. The van der Waals surface area contributed by atoms with E-state index in [1.54, 1.807) is 23.6 Å². The molecule has 7 heteroatoms. The largest absolute Gasteiger partial charge is 0.486 e. The van der Waals surface area contributed by atoms with Crippen molar-refractivity contribution in [3.8, 4) is 11.5 Å². The third-order valence-electron chi connectivity index (χ3n) is 3.77. The van der Waals surface area contributed by atoms with Crippen molar-refractivity contribution in [3.05, 3.63) is 18.0 Å². The zero-order chi connectivity index (χ0) is 15.9. The topological polar surface area (TPSA) is 99.6 Å². The number of hydrogen-bond donors (Lipinski definition) is 2. The Morgan fingerprint density at radius 2 is 2.05 bits per heavy atom. The summed E-state index contributed by atoms with van der Waals surface area (Å²) in [5.41, 5.74) is 7.35. The molecule has 0 spiro atoms. The van der Waals surface area contributed by atoms with Gasteiger partial charge in [-0.1, -0.05) is 6.92 Å². The predicted octanol–water partition coefficient (Wildman–Crippen LogP) is 1.86. The monoisotopic (exact) mass is 305 g/mol. The highest BCUT2D eigenvalue weighted by Crippen LogP contribution is 2.36. The van der Waals surface area contributed by atoms with Gasteiger partial charge >= 0.3 is 5.97 Å². The van der Waals surface area contributed by atoms with Crippen molar-refractivity contribution >= 4 is 17.0 Å². The molecule has 118 valence electrons. The second kappa shape index (κ2) is 5.49. The summed E-state index contributed by atoms with van der Waals surface area (Å²) in [7, 11) is 0. The van der Waals surface area contributed by atoms with Crippen LogP contribution in [0.3, 0.4) is 0 Å². The minimum Gasteiger partial charge on any atom is -0.486 e. The van der Waals surface area contributed by atoms with Gasteiger partial charge in [-0.15, -0.1) is 0 Å². The molecule has 0 saturated carbocycles. The number of carboxylic acids is 1. The zero-order valence-corrected chi connectivity index (χ0v) is 12.6.